The number of rotatable bonds is 7. The topological polar surface area (TPSA) is 83.8 Å². The molecule has 0 saturated carbocycles. The largest absolute Gasteiger partial charge is 0.511 e. The molecule has 0 aromatic heterocycles. The Bertz CT molecular complexity index is 902. The maximum Gasteiger partial charge on any atom is 0.337 e. The van der Waals surface area contributed by atoms with Gasteiger partial charge in [-0.25, -0.2) is 9.59 Å². The van der Waals surface area contributed by atoms with Gasteiger partial charge in [-0.2, -0.15) is 0 Å². The van der Waals surface area contributed by atoms with E-state index in [-0.39, 0.29) is 11.3 Å². The van der Waals surface area contributed by atoms with Crippen LogP contribution in [0.4, 0.5) is 0 Å². The number of carboxylic acids is 1. The summed E-state index contributed by atoms with van der Waals surface area (Å²) >= 11 is 0. The molecule has 0 radical (unpaired) electrons. The van der Waals surface area contributed by atoms with Crippen LogP contribution in [0.3, 0.4) is 0 Å². The first kappa shape index (κ1) is 25.0. The number of allylic oxidation sites excluding steroid dienone is 10. The Kier molecular flexibility index (Phi) is 8.84. The van der Waals surface area contributed by atoms with E-state index in [0.29, 0.717) is 5.57 Å². The van der Waals surface area contributed by atoms with Gasteiger partial charge in [0.15, 0.2) is 0 Å². The summed E-state index contributed by atoms with van der Waals surface area (Å²) in [7, 11) is 0. The van der Waals surface area contributed by atoms with Crippen molar-refractivity contribution < 1.29 is 24.5 Å². The van der Waals surface area contributed by atoms with Gasteiger partial charge >= 0.3 is 11.9 Å². The summed E-state index contributed by atoms with van der Waals surface area (Å²) in [5.41, 5.74) is 3.06. The minimum absolute atomic E-state index is 0.0676. The molecule has 5 nitrogen and oxygen atoms in total. The highest BCUT2D eigenvalue weighted by atomic mass is 16.5. The quantitative estimate of drug-likeness (QED) is 0.316. The van der Waals surface area contributed by atoms with E-state index in [0.717, 1.165) is 16.7 Å². The number of carbonyl (C=O) groups is 2. The van der Waals surface area contributed by atoms with Crippen LogP contribution in [0, 0.1) is 5.41 Å². The number of carboxylic acid groups (broad SMARTS) is 1. The minimum atomic E-state index is -0.960. The first-order valence-corrected chi connectivity index (χ1v) is 9.77. The second kappa shape index (κ2) is 10.6. The highest BCUT2D eigenvalue weighted by molar-refractivity contribution is 5.90. The molecule has 0 bridgehead atoms. The van der Waals surface area contributed by atoms with Gasteiger partial charge in [0.25, 0.3) is 0 Å². The molecular weight excluding hydrogens is 380 g/mol. The molecule has 1 aliphatic heterocycles. The fraction of sp³-hybridized carbons (Fsp3) is 0.360. The molecule has 0 aromatic carbocycles. The van der Waals surface area contributed by atoms with Gasteiger partial charge < -0.3 is 14.9 Å². The van der Waals surface area contributed by atoms with Crippen molar-refractivity contribution in [3.63, 3.8) is 0 Å². The Morgan fingerprint density at radius 3 is 2.13 bits per heavy atom. The second-order valence-electron chi connectivity index (χ2n) is 8.14. The predicted octanol–water partition coefficient (Wildman–Crippen LogP) is 5.75. The van der Waals surface area contributed by atoms with Gasteiger partial charge in [-0.05, 0) is 59.6 Å². The smallest absolute Gasteiger partial charge is 0.337 e. The highest BCUT2D eigenvalue weighted by Gasteiger charge is 2.43. The van der Waals surface area contributed by atoms with E-state index in [4.69, 9.17) is 9.84 Å². The number of aliphatic carboxylic acids is 1. The Hall–Kier alpha value is -3.08. The van der Waals surface area contributed by atoms with E-state index in [1.807, 2.05) is 77.2 Å². The van der Waals surface area contributed by atoms with Crippen molar-refractivity contribution in [3.05, 3.63) is 82.2 Å². The van der Waals surface area contributed by atoms with Gasteiger partial charge in [-0.15, -0.1) is 0 Å². The van der Waals surface area contributed by atoms with Crippen LogP contribution in [0.2, 0.25) is 0 Å². The molecule has 0 spiro atoms. The highest BCUT2D eigenvalue weighted by Crippen LogP contribution is 2.40. The van der Waals surface area contributed by atoms with Crippen molar-refractivity contribution in [3.8, 4) is 0 Å². The van der Waals surface area contributed by atoms with Gasteiger partial charge in [0, 0.05) is 6.08 Å². The third-order valence-corrected chi connectivity index (χ3v) is 4.77. The number of carbonyl (C=O) groups excluding carboxylic acids is 1. The Balaban J connectivity index is 2.83. The lowest BCUT2D eigenvalue weighted by molar-refractivity contribution is -0.151. The number of hydrogen-bond acceptors (Lipinski definition) is 4. The zero-order valence-electron chi connectivity index (χ0n) is 18.8. The Labute approximate surface area is 179 Å². The molecule has 0 fully saturated rings. The molecular formula is C25H32O5. The van der Waals surface area contributed by atoms with E-state index in [9.17, 15) is 14.7 Å². The van der Waals surface area contributed by atoms with Crippen molar-refractivity contribution in [1.29, 1.82) is 0 Å². The van der Waals surface area contributed by atoms with E-state index in [2.05, 4.69) is 0 Å². The lowest BCUT2D eigenvalue weighted by Crippen LogP contribution is -2.41. The maximum absolute atomic E-state index is 11.9. The van der Waals surface area contributed by atoms with E-state index < -0.39 is 23.5 Å². The average Bonchev–Trinajstić information content (AvgIpc) is 2.61. The third-order valence-electron chi connectivity index (χ3n) is 4.77. The summed E-state index contributed by atoms with van der Waals surface area (Å²) in [5, 5.41) is 19.1. The van der Waals surface area contributed by atoms with Gasteiger partial charge in [-0.1, -0.05) is 53.7 Å². The van der Waals surface area contributed by atoms with Crippen molar-refractivity contribution in [2.45, 2.75) is 54.6 Å². The normalized spacial score (nSPS) is 21.6. The van der Waals surface area contributed by atoms with E-state index in [1.165, 1.54) is 6.08 Å². The first-order chi connectivity index (χ1) is 13.9. The van der Waals surface area contributed by atoms with Gasteiger partial charge in [-0.3, -0.25) is 0 Å². The molecule has 0 amide bonds. The van der Waals surface area contributed by atoms with Crippen LogP contribution in [0.1, 0.15) is 48.5 Å². The standard InChI is InChI=1S/C25H32O5/c1-16(13-17(2)14-18(3)15-21(26)27)11-9-8-10-12-19(4)23-25(6,7)22(28)20(5)24(29)30-23/h8-15,23,28H,1-7H3,(H,26,27)/b10-8+,11-9-,16-13+,17-14-,18-15-,19-12-/t23-/m0/s1. The summed E-state index contributed by atoms with van der Waals surface area (Å²) in [6.45, 7) is 12.7. The maximum atomic E-state index is 11.9. The monoisotopic (exact) mass is 412 g/mol. The lowest BCUT2D eigenvalue weighted by Gasteiger charge is -2.38. The molecule has 1 aliphatic rings. The number of aliphatic hydroxyl groups is 1. The van der Waals surface area contributed by atoms with E-state index in [1.54, 1.807) is 13.8 Å². The number of ether oxygens (including phenoxy) is 1. The molecule has 1 heterocycles. The second-order valence-corrected chi connectivity index (χ2v) is 8.14. The summed E-state index contributed by atoms with van der Waals surface area (Å²) in [5.74, 6) is -1.39. The van der Waals surface area contributed by atoms with Crippen molar-refractivity contribution in [1.82, 2.24) is 0 Å². The molecule has 30 heavy (non-hydrogen) atoms. The summed E-state index contributed by atoms with van der Waals surface area (Å²) in [6, 6.07) is 0. The molecule has 0 aromatic rings. The minimum Gasteiger partial charge on any atom is -0.511 e. The number of hydrogen-bond donors (Lipinski definition) is 2. The first-order valence-electron chi connectivity index (χ1n) is 9.77. The van der Waals surface area contributed by atoms with Gasteiger partial charge in [0.2, 0.25) is 0 Å². The van der Waals surface area contributed by atoms with Crippen LogP contribution < -0.4 is 0 Å². The fourth-order valence-corrected chi connectivity index (χ4v) is 3.32. The molecule has 5 heteroatoms. The predicted molar refractivity (Wildman–Crippen MR) is 120 cm³/mol. The number of aliphatic hydroxyl groups excluding tert-OH is 1. The van der Waals surface area contributed by atoms with Crippen LogP contribution in [0.5, 0.6) is 0 Å². The Morgan fingerprint density at radius 1 is 0.967 bits per heavy atom. The zero-order chi connectivity index (χ0) is 23.1. The molecule has 0 unspecified atom stereocenters. The van der Waals surface area contributed by atoms with Crippen LogP contribution >= 0.6 is 0 Å². The third kappa shape index (κ3) is 7.07. The van der Waals surface area contributed by atoms with Crippen LogP contribution in [-0.4, -0.2) is 28.3 Å². The molecule has 1 rings (SSSR count). The fourth-order valence-electron chi connectivity index (χ4n) is 3.32. The summed E-state index contributed by atoms with van der Waals surface area (Å²) < 4.78 is 5.51. The van der Waals surface area contributed by atoms with Gasteiger partial charge in [0.1, 0.15) is 11.9 Å². The van der Waals surface area contributed by atoms with Gasteiger partial charge in [0.05, 0.1) is 11.0 Å². The molecule has 1 atom stereocenters. The molecule has 2 N–H and O–H groups in total. The number of esters is 1. The number of cyclic esters (lactones) is 1. The van der Waals surface area contributed by atoms with Crippen LogP contribution in [-0.2, 0) is 14.3 Å². The average molecular weight is 413 g/mol. The summed E-state index contributed by atoms with van der Waals surface area (Å²) in [6.07, 6.45) is 13.8. The van der Waals surface area contributed by atoms with Crippen LogP contribution in [0.15, 0.2) is 82.2 Å². The lowest BCUT2D eigenvalue weighted by atomic mass is 9.77. The van der Waals surface area contributed by atoms with Crippen LogP contribution in [0.25, 0.3) is 0 Å². The van der Waals surface area contributed by atoms with Crippen molar-refractivity contribution >= 4 is 11.9 Å². The molecule has 0 aliphatic carbocycles. The van der Waals surface area contributed by atoms with Crippen molar-refractivity contribution in [2.24, 2.45) is 5.41 Å². The van der Waals surface area contributed by atoms with E-state index >= 15 is 0 Å². The van der Waals surface area contributed by atoms with Crippen molar-refractivity contribution in [2.75, 3.05) is 0 Å². The summed E-state index contributed by atoms with van der Waals surface area (Å²) in [4.78, 5) is 22.6. The SMILES string of the molecule is CC1=C(O)C(C)(C)[C@H](\C(C)=C/C=C/C=C\C(C)=C\C(C)=C/C(C)=C\C(=O)O)OC1=O. The Morgan fingerprint density at radius 2 is 1.53 bits per heavy atom. The molecule has 162 valence electrons. The molecule has 0 saturated heterocycles. The zero-order valence-corrected chi connectivity index (χ0v) is 18.8.